The van der Waals surface area contributed by atoms with E-state index in [0.29, 0.717) is 31.8 Å². The molecule has 1 aliphatic heterocycles. The Morgan fingerprint density at radius 2 is 2.30 bits per heavy atom. The average molecular weight is 315 g/mol. The summed E-state index contributed by atoms with van der Waals surface area (Å²) in [6.45, 7) is 3.18. The third-order valence-electron chi connectivity index (χ3n) is 4.33. The molecule has 2 heterocycles. The van der Waals surface area contributed by atoms with Gasteiger partial charge in [0.2, 0.25) is 0 Å². The summed E-state index contributed by atoms with van der Waals surface area (Å²) in [7, 11) is 0. The number of aryl methyl sites for hydroxylation is 1. The summed E-state index contributed by atoms with van der Waals surface area (Å²) < 4.78 is 5.90. The number of aliphatic hydroxyl groups excluding tert-OH is 1. The maximum atomic E-state index is 12.5. The minimum Gasteiger partial charge on any atom is -0.393 e. The lowest BCUT2D eigenvalue weighted by molar-refractivity contribution is -0.123. The number of hydrogen-bond acceptors (Lipinski definition) is 4. The van der Waals surface area contributed by atoms with Gasteiger partial charge in [-0.25, -0.2) is 4.98 Å². The molecule has 2 N–H and O–H groups in total. The Kier molecular flexibility index (Phi) is 4.45. The second-order valence-corrected chi connectivity index (χ2v) is 5.98. The van der Waals surface area contributed by atoms with Gasteiger partial charge in [0.05, 0.1) is 32.3 Å². The summed E-state index contributed by atoms with van der Waals surface area (Å²) in [5.41, 5.74) is 1.97. The number of imidazole rings is 1. The first-order valence-electron chi connectivity index (χ1n) is 7.70. The molecule has 0 aliphatic carbocycles. The van der Waals surface area contributed by atoms with Crippen molar-refractivity contribution in [3.05, 3.63) is 53.6 Å². The molecule has 1 atom stereocenters. The normalized spacial score (nSPS) is 21.4. The number of benzene rings is 1. The van der Waals surface area contributed by atoms with E-state index in [1.807, 2.05) is 31.2 Å². The van der Waals surface area contributed by atoms with Crippen LogP contribution in [-0.4, -0.2) is 57.8 Å². The largest absolute Gasteiger partial charge is 0.393 e. The highest BCUT2D eigenvalue weighted by Crippen LogP contribution is 2.25. The van der Waals surface area contributed by atoms with Crippen LogP contribution < -0.4 is 0 Å². The minimum atomic E-state index is -0.764. The molecule has 2 aromatic rings. The summed E-state index contributed by atoms with van der Waals surface area (Å²) >= 11 is 0. The van der Waals surface area contributed by atoms with Gasteiger partial charge in [0.25, 0.3) is 5.91 Å². The Morgan fingerprint density at radius 3 is 3.00 bits per heavy atom. The van der Waals surface area contributed by atoms with E-state index in [4.69, 9.17) is 4.74 Å². The van der Waals surface area contributed by atoms with E-state index in [0.717, 1.165) is 11.1 Å². The summed E-state index contributed by atoms with van der Waals surface area (Å²) in [5, 5.41) is 9.94. The molecule has 0 saturated carbocycles. The zero-order valence-electron chi connectivity index (χ0n) is 13.2. The monoisotopic (exact) mass is 315 g/mol. The topological polar surface area (TPSA) is 78.5 Å². The second kappa shape index (κ2) is 6.52. The van der Waals surface area contributed by atoms with E-state index in [1.54, 1.807) is 4.90 Å². The van der Waals surface area contributed by atoms with E-state index < -0.39 is 5.60 Å². The van der Waals surface area contributed by atoms with Gasteiger partial charge in [0, 0.05) is 13.0 Å². The van der Waals surface area contributed by atoms with Gasteiger partial charge < -0.3 is 19.7 Å². The predicted molar refractivity (Wildman–Crippen MR) is 85.1 cm³/mol. The molecular formula is C17H21N3O3. The molecule has 1 amide bonds. The van der Waals surface area contributed by atoms with E-state index in [9.17, 15) is 9.90 Å². The highest BCUT2D eigenvalue weighted by molar-refractivity contribution is 5.92. The molecule has 1 aliphatic rings. The molecule has 0 spiro atoms. The van der Waals surface area contributed by atoms with Crippen molar-refractivity contribution < 1.29 is 14.6 Å². The number of morpholine rings is 1. The van der Waals surface area contributed by atoms with Crippen molar-refractivity contribution >= 4 is 5.91 Å². The smallest absolute Gasteiger partial charge is 0.272 e. The zero-order valence-corrected chi connectivity index (χ0v) is 13.2. The van der Waals surface area contributed by atoms with Gasteiger partial charge in [-0.1, -0.05) is 24.3 Å². The Bertz CT molecular complexity index is 671. The van der Waals surface area contributed by atoms with E-state index in [2.05, 4.69) is 9.97 Å². The summed E-state index contributed by atoms with van der Waals surface area (Å²) in [6.07, 6.45) is 3.57. The van der Waals surface area contributed by atoms with Crippen LogP contribution >= 0.6 is 0 Å². The maximum absolute atomic E-state index is 12.5. The van der Waals surface area contributed by atoms with Crippen LogP contribution in [0.5, 0.6) is 0 Å². The molecule has 1 aromatic heterocycles. The average Bonchev–Trinajstić information content (AvgIpc) is 3.11. The van der Waals surface area contributed by atoms with Crippen LogP contribution in [-0.2, 0) is 11.2 Å². The standard InChI is InChI=1S/C17H21N3O3/c1-13-4-2-3-5-14(13)8-17(11-21)10-20(6-7-23-17)16(22)15-9-18-12-19-15/h2-5,9,12,21H,6-8,10-11H2,1H3,(H,18,19)/t17-/m1/s1. The fourth-order valence-corrected chi connectivity index (χ4v) is 2.98. The first-order chi connectivity index (χ1) is 11.1. The Hall–Kier alpha value is -2.18. The number of ether oxygens (including phenoxy) is 1. The Balaban J connectivity index is 1.79. The van der Waals surface area contributed by atoms with Gasteiger partial charge in [-0.15, -0.1) is 0 Å². The lowest BCUT2D eigenvalue weighted by atomic mass is 9.91. The van der Waals surface area contributed by atoms with Crippen molar-refractivity contribution in [2.45, 2.75) is 18.9 Å². The number of aromatic nitrogens is 2. The van der Waals surface area contributed by atoms with Gasteiger partial charge in [-0.3, -0.25) is 4.79 Å². The van der Waals surface area contributed by atoms with Crippen LogP contribution in [0.3, 0.4) is 0 Å². The maximum Gasteiger partial charge on any atom is 0.272 e. The Morgan fingerprint density at radius 1 is 1.48 bits per heavy atom. The number of aliphatic hydroxyl groups is 1. The Labute approximate surface area is 135 Å². The number of nitrogens with one attached hydrogen (secondary N) is 1. The fourth-order valence-electron chi connectivity index (χ4n) is 2.98. The van der Waals surface area contributed by atoms with Crippen LogP contribution in [0.15, 0.2) is 36.8 Å². The molecule has 1 fully saturated rings. The highest BCUT2D eigenvalue weighted by Gasteiger charge is 2.38. The third kappa shape index (κ3) is 3.28. The van der Waals surface area contributed by atoms with Crippen molar-refractivity contribution in [2.75, 3.05) is 26.3 Å². The van der Waals surface area contributed by atoms with E-state index >= 15 is 0 Å². The first-order valence-corrected chi connectivity index (χ1v) is 7.70. The molecule has 122 valence electrons. The first kappa shape index (κ1) is 15.7. The second-order valence-electron chi connectivity index (χ2n) is 5.98. The molecule has 0 bridgehead atoms. The predicted octanol–water partition coefficient (Wildman–Crippen LogP) is 1.16. The van der Waals surface area contributed by atoms with Gasteiger partial charge >= 0.3 is 0 Å². The molecule has 6 heteroatoms. The van der Waals surface area contributed by atoms with Crippen LogP contribution in [0.2, 0.25) is 0 Å². The summed E-state index contributed by atoms with van der Waals surface area (Å²) in [5.74, 6) is -0.117. The quantitative estimate of drug-likeness (QED) is 0.887. The summed E-state index contributed by atoms with van der Waals surface area (Å²) in [6, 6.07) is 8.03. The molecule has 0 radical (unpaired) electrons. The van der Waals surface area contributed by atoms with Crippen molar-refractivity contribution in [1.29, 1.82) is 0 Å². The molecule has 6 nitrogen and oxygen atoms in total. The third-order valence-corrected chi connectivity index (χ3v) is 4.33. The molecule has 0 unspecified atom stereocenters. The highest BCUT2D eigenvalue weighted by atomic mass is 16.5. The fraction of sp³-hybridized carbons (Fsp3) is 0.412. The molecule has 1 saturated heterocycles. The molecule has 3 rings (SSSR count). The van der Waals surface area contributed by atoms with Crippen molar-refractivity contribution in [1.82, 2.24) is 14.9 Å². The number of carbonyl (C=O) groups excluding carboxylic acids is 1. The number of H-pyrrole nitrogens is 1. The number of amides is 1. The zero-order chi connectivity index (χ0) is 16.3. The van der Waals surface area contributed by atoms with Crippen LogP contribution in [0, 0.1) is 6.92 Å². The van der Waals surface area contributed by atoms with Crippen LogP contribution in [0.1, 0.15) is 21.6 Å². The van der Waals surface area contributed by atoms with Gasteiger partial charge in [-0.2, -0.15) is 0 Å². The lowest BCUT2D eigenvalue weighted by Gasteiger charge is -2.42. The SMILES string of the molecule is Cc1ccccc1C[C@]1(CO)CN(C(=O)c2cnc[nH]2)CCO1. The number of hydrogen-bond donors (Lipinski definition) is 2. The molecule has 1 aromatic carbocycles. The van der Waals surface area contributed by atoms with Gasteiger partial charge in [-0.05, 0) is 18.1 Å². The summed E-state index contributed by atoms with van der Waals surface area (Å²) in [4.78, 5) is 20.9. The van der Waals surface area contributed by atoms with E-state index in [-0.39, 0.29) is 12.5 Å². The van der Waals surface area contributed by atoms with Crippen LogP contribution in [0.25, 0.3) is 0 Å². The van der Waals surface area contributed by atoms with Crippen molar-refractivity contribution in [3.8, 4) is 0 Å². The number of aromatic amines is 1. The van der Waals surface area contributed by atoms with Crippen LogP contribution in [0.4, 0.5) is 0 Å². The number of carbonyl (C=O) groups is 1. The molecule has 23 heavy (non-hydrogen) atoms. The van der Waals surface area contributed by atoms with Crippen molar-refractivity contribution in [2.24, 2.45) is 0 Å². The minimum absolute atomic E-state index is 0.117. The number of nitrogens with zero attached hydrogens (tertiary/aromatic N) is 2. The lowest BCUT2D eigenvalue weighted by Crippen LogP contribution is -2.57. The van der Waals surface area contributed by atoms with Crippen molar-refractivity contribution in [3.63, 3.8) is 0 Å². The molecular weight excluding hydrogens is 294 g/mol. The number of rotatable bonds is 4. The van der Waals surface area contributed by atoms with Gasteiger partial charge in [0.15, 0.2) is 0 Å². The van der Waals surface area contributed by atoms with E-state index in [1.165, 1.54) is 12.5 Å². The van der Waals surface area contributed by atoms with Gasteiger partial charge in [0.1, 0.15) is 11.3 Å².